The highest BCUT2D eigenvalue weighted by molar-refractivity contribution is 5.95. The Balaban J connectivity index is 1.40. The summed E-state index contributed by atoms with van der Waals surface area (Å²) in [5.74, 6) is 0.971. The Morgan fingerprint density at radius 1 is 0.564 bits per heavy atom. The summed E-state index contributed by atoms with van der Waals surface area (Å²) in [5, 5.41) is 0. The molecule has 1 spiro atoms. The van der Waals surface area contributed by atoms with Gasteiger partial charge in [-0.2, -0.15) is 0 Å². The zero-order chi connectivity index (χ0) is 26.3. The largest absolute Gasteiger partial charge is 0.299 e. The lowest BCUT2D eigenvalue weighted by molar-refractivity contribution is 0.794. The van der Waals surface area contributed by atoms with E-state index in [-0.39, 0.29) is 5.41 Å². The summed E-state index contributed by atoms with van der Waals surface area (Å²) < 4.78 is 2.25. The van der Waals surface area contributed by atoms with Gasteiger partial charge in [-0.05, 0) is 82.5 Å². The predicted octanol–water partition coefficient (Wildman–Crippen LogP) is 8.81. The Morgan fingerprint density at radius 2 is 1.08 bits per heavy atom. The van der Waals surface area contributed by atoms with Gasteiger partial charge in [-0.25, -0.2) is 4.98 Å². The van der Waals surface area contributed by atoms with Crippen molar-refractivity contribution >= 4 is 0 Å². The Morgan fingerprint density at radius 3 is 1.67 bits per heavy atom. The van der Waals surface area contributed by atoms with Gasteiger partial charge in [0.15, 0.2) is 0 Å². The summed E-state index contributed by atoms with van der Waals surface area (Å²) >= 11 is 0. The predicted molar refractivity (Wildman–Crippen MR) is 160 cm³/mol. The van der Waals surface area contributed by atoms with Gasteiger partial charge in [0, 0.05) is 18.0 Å². The molecular formula is C37H28N2. The lowest BCUT2D eigenvalue weighted by atomic mass is 9.70. The highest BCUT2D eigenvalue weighted by atomic mass is 15.1. The molecule has 0 N–H and O–H groups in total. The fourth-order valence-electron chi connectivity index (χ4n) is 7.49. The van der Waals surface area contributed by atoms with E-state index in [1.807, 2.05) is 6.20 Å². The first kappa shape index (κ1) is 22.3. The van der Waals surface area contributed by atoms with Crippen LogP contribution in [0.15, 0.2) is 116 Å². The van der Waals surface area contributed by atoms with Crippen LogP contribution in [0.2, 0.25) is 0 Å². The molecule has 39 heavy (non-hydrogen) atoms. The zero-order valence-corrected chi connectivity index (χ0v) is 22.4. The van der Waals surface area contributed by atoms with Crippen molar-refractivity contribution in [3.63, 3.8) is 0 Å². The summed E-state index contributed by atoms with van der Waals surface area (Å²) in [7, 11) is 0. The van der Waals surface area contributed by atoms with Gasteiger partial charge in [-0.1, -0.05) is 103 Å². The highest BCUT2D eigenvalue weighted by Crippen LogP contribution is 2.62. The number of hydrogen-bond acceptors (Lipinski definition) is 1. The van der Waals surface area contributed by atoms with E-state index in [4.69, 9.17) is 4.98 Å². The van der Waals surface area contributed by atoms with Crippen LogP contribution in [-0.2, 0) is 5.41 Å². The average molecular weight is 501 g/mol. The molecule has 2 aliphatic rings. The van der Waals surface area contributed by atoms with Gasteiger partial charge in [0.05, 0.1) is 11.1 Å². The van der Waals surface area contributed by atoms with E-state index in [1.165, 1.54) is 66.9 Å². The maximum absolute atomic E-state index is 4.87. The second-order valence-corrected chi connectivity index (χ2v) is 11.0. The van der Waals surface area contributed by atoms with Gasteiger partial charge < -0.3 is 0 Å². The molecule has 0 fully saturated rings. The van der Waals surface area contributed by atoms with Gasteiger partial charge in [-0.3, -0.25) is 4.57 Å². The zero-order valence-electron chi connectivity index (χ0n) is 22.4. The molecule has 0 saturated heterocycles. The summed E-state index contributed by atoms with van der Waals surface area (Å²) in [6.07, 6.45) is 4.01. The molecule has 0 atom stereocenters. The molecule has 0 aliphatic heterocycles. The number of rotatable bonds is 2. The van der Waals surface area contributed by atoms with Crippen LogP contribution in [0.3, 0.4) is 0 Å². The van der Waals surface area contributed by atoms with Crippen LogP contribution in [-0.4, -0.2) is 9.55 Å². The Kier molecular flexibility index (Phi) is 4.52. The van der Waals surface area contributed by atoms with Crippen molar-refractivity contribution in [2.24, 2.45) is 0 Å². The minimum Gasteiger partial charge on any atom is -0.299 e. The number of fused-ring (bicyclic) bond motifs is 10. The second kappa shape index (κ2) is 7.91. The number of benzene rings is 5. The molecule has 186 valence electrons. The van der Waals surface area contributed by atoms with E-state index in [9.17, 15) is 0 Å². The third kappa shape index (κ3) is 2.84. The van der Waals surface area contributed by atoms with E-state index >= 15 is 0 Å². The van der Waals surface area contributed by atoms with Crippen molar-refractivity contribution < 1.29 is 0 Å². The molecular weight excluding hydrogens is 472 g/mol. The van der Waals surface area contributed by atoms with Crippen LogP contribution in [0, 0.1) is 20.8 Å². The number of aryl methyl sites for hydroxylation is 3. The van der Waals surface area contributed by atoms with E-state index in [0.717, 1.165) is 11.4 Å². The third-order valence-corrected chi connectivity index (χ3v) is 8.77. The molecule has 0 bridgehead atoms. The summed E-state index contributed by atoms with van der Waals surface area (Å²) in [5.41, 5.74) is 16.6. The van der Waals surface area contributed by atoms with Crippen molar-refractivity contribution in [3.05, 3.63) is 154 Å². The standard InChI is InChI=1S/C37H28N2/c1-23-20-24(2)35(25(3)21-23)39-19-18-38-36(39)26-16-17-34-30(22-26)29-12-6-9-15-33(29)37(34)31-13-7-4-10-27(31)28-11-5-8-14-32(28)37/h4-22H,1-3H3. The monoisotopic (exact) mass is 500 g/mol. The maximum atomic E-state index is 4.87. The van der Waals surface area contributed by atoms with E-state index in [1.54, 1.807) is 0 Å². The van der Waals surface area contributed by atoms with E-state index < -0.39 is 0 Å². The molecule has 2 heteroatoms. The SMILES string of the molecule is Cc1cc(C)c(-n2ccnc2-c2ccc3c(c2)-c2ccccc2C32c3ccccc3-c3ccccc32)c(C)c1. The van der Waals surface area contributed by atoms with Crippen molar-refractivity contribution in [1.82, 2.24) is 9.55 Å². The highest BCUT2D eigenvalue weighted by Gasteiger charge is 2.51. The van der Waals surface area contributed by atoms with Crippen LogP contribution in [0.5, 0.6) is 0 Å². The molecule has 0 radical (unpaired) electrons. The first-order valence-electron chi connectivity index (χ1n) is 13.6. The molecule has 0 saturated carbocycles. The first-order chi connectivity index (χ1) is 19.1. The van der Waals surface area contributed by atoms with Crippen LogP contribution in [0.4, 0.5) is 0 Å². The molecule has 5 aromatic carbocycles. The second-order valence-electron chi connectivity index (χ2n) is 11.0. The number of aromatic nitrogens is 2. The normalized spacial score (nSPS) is 13.7. The minimum absolute atomic E-state index is 0.308. The third-order valence-electron chi connectivity index (χ3n) is 8.77. The molecule has 0 unspecified atom stereocenters. The lowest BCUT2D eigenvalue weighted by Crippen LogP contribution is -2.25. The molecule has 2 aliphatic carbocycles. The Labute approximate surface area is 229 Å². The Bertz CT molecular complexity index is 1890. The Hall–Kier alpha value is -4.69. The average Bonchev–Trinajstić information content (AvgIpc) is 3.62. The molecule has 6 aromatic rings. The van der Waals surface area contributed by atoms with Crippen molar-refractivity contribution in [2.75, 3.05) is 0 Å². The lowest BCUT2D eigenvalue weighted by Gasteiger charge is -2.30. The number of hydrogen-bond donors (Lipinski definition) is 0. The molecule has 1 aromatic heterocycles. The van der Waals surface area contributed by atoms with Crippen LogP contribution >= 0.6 is 0 Å². The van der Waals surface area contributed by atoms with Crippen LogP contribution < -0.4 is 0 Å². The topological polar surface area (TPSA) is 17.8 Å². The fourth-order valence-corrected chi connectivity index (χ4v) is 7.49. The first-order valence-corrected chi connectivity index (χ1v) is 13.6. The van der Waals surface area contributed by atoms with E-state index in [0.29, 0.717) is 0 Å². The van der Waals surface area contributed by atoms with Gasteiger partial charge in [-0.15, -0.1) is 0 Å². The summed E-state index contributed by atoms with van der Waals surface area (Å²) in [6, 6.07) is 38.4. The maximum Gasteiger partial charge on any atom is 0.144 e. The summed E-state index contributed by atoms with van der Waals surface area (Å²) in [6.45, 7) is 6.54. The molecule has 8 rings (SSSR count). The minimum atomic E-state index is -0.308. The van der Waals surface area contributed by atoms with Crippen molar-refractivity contribution in [2.45, 2.75) is 26.2 Å². The van der Waals surface area contributed by atoms with Gasteiger partial charge >= 0.3 is 0 Å². The molecule has 2 nitrogen and oxygen atoms in total. The van der Waals surface area contributed by atoms with Crippen molar-refractivity contribution in [1.29, 1.82) is 0 Å². The number of imidazole rings is 1. The molecule has 0 amide bonds. The van der Waals surface area contributed by atoms with Gasteiger partial charge in [0.1, 0.15) is 5.82 Å². The van der Waals surface area contributed by atoms with E-state index in [2.05, 4.69) is 135 Å². The van der Waals surface area contributed by atoms with Crippen molar-refractivity contribution in [3.8, 4) is 39.3 Å². The summed E-state index contributed by atoms with van der Waals surface area (Å²) in [4.78, 5) is 4.87. The fraction of sp³-hybridized carbons (Fsp3) is 0.108. The quantitative estimate of drug-likeness (QED) is 0.232. The van der Waals surface area contributed by atoms with Gasteiger partial charge in [0.25, 0.3) is 0 Å². The molecule has 1 heterocycles. The van der Waals surface area contributed by atoms with Crippen LogP contribution in [0.1, 0.15) is 38.9 Å². The van der Waals surface area contributed by atoms with Crippen LogP contribution in [0.25, 0.3) is 39.3 Å². The van der Waals surface area contributed by atoms with Gasteiger partial charge in [0.2, 0.25) is 0 Å². The smallest absolute Gasteiger partial charge is 0.144 e. The number of nitrogens with zero attached hydrogens (tertiary/aromatic N) is 2.